The van der Waals surface area contributed by atoms with E-state index >= 15 is 0 Å². The van der Waals surface area contributed by atoms with Crippen LogP contribution in [0.5, 0.6) is 5.75 Å². The van der Waals surface area contributed by atoms with E-state index in [0.29, 0.717) is 5.56 Å². The molecule has 12 heteroatoms. The first-order valence-electron chi connectivity index (χ1n) is 6.16. The molecule has 2 rings (SSSR count). The van der Waals surface area contributed by atoms with Crippen LogP contribution in [0.2, 0.25) is 0 Å². The van der Waals surface area contributed by atoms with Gasteiger partial charge in [0, 0.05) is 25.8 Å². The third-order valence-electron chi connectivity index (χ3n) is 2.99. The minimum Gasteiger partial charge on any atom is -1.00 e. The number of rotatable bonds is 4. The van der Waals surface area contributed by atoms with Crippen molar-refractivity contribution in [3.8, 4) is 5.75 Å². The van der Waals surface area contributed by atoms with Gasteiger partial charge in [-0.25, -0.2) is 0 Å². The number of halogens is 2. The summed E-state index contributed by atoms with van der Waals surface area (Å²) in [7, 11) is 0. The van der Waals surface area contributed by atoms with E-state index in [2.05, 4.69) is 15.2 Å². The summed E-state index contributed by atoms with van der Waals surface area (Å²) >= 11 is 0. The Morgan fingerprint density at radius 1 is 1.04 bits per heavy atom. The van der Waals surface area contributed by atoms with E-state index in [1.807, 2.05) is 12.1 Å². The largest absolute Gasteiger partial charge is 3.00 e. The predicted molar refractivity (Wildman–Crippen MR) is 88.3 cm³/mol. The first kappa shape index (κ1) is 44.2. The fraction of sp³-hybridized carbons (Fsp3) is 0.462. The zero-order valence-corrected chi connectivity index (χ0v) is 16.3. The summed E-state index contributed by atoms with van der Waals surface area (Å²) in [4.78, 5) is 6.74. The van der Waals surface area contributed by atoms with Gasteiger partial charge in [-0.1, -0.05) is 24.3 Å². The molecule has 1 fully saturated rings. The minimum atomic E-state index is 0. The molecule has 1 saturated heterocycles. The second kappa shape index (κ2) is 25.7. The Hall–Kier alpha value is -0.516. The quantitative estimate of drug-likeness (QED) is 0.265. The fourth-order valence-corrected chi connectivity index (χ4v) is 1.98. The summed E-state index contributed by atoms with van der Waals surface area (Å²) in [6.07, 6.45) is 1.69. The number of para-hydroxylation sites is 1. The molecule has 1 radical (unpaired) electrons. The van der Waals surface area contributed by atoms with Crippen LogP contribution in [0.4, 0.5) is 0 Å². The maximum absolute atomic E-state index is 11.4. The van der Waals surface area contributed by atoms with Gasteiger partial charge in [0.15, 0.2) is 0 Å². The third kappa shape index (κ3) is 16.7. The summed E-state index contributed by atoms with van der Waals surface area (Å²) < 4.78 is 0. The van der Waals surface area contributed by atoms with Crippen molar-refractivity contribution in [3.63, 3.8) is 0 Å². The maximum atomic E-state index is 11.4. The van der Waals surface area contributed by atoms with E-state index in [4.69, 9.17) is 0 Å². The summed E-state index contributed by atoms with van der Waals surface area (Å²) in [5, 5.41) is 13.7. The summed E-state index contributed by atoms with van der Waals surface area (Å²) in [6, 6.07) is 7.00. The molecule has 1 aromatic rings. The number of nitrogens with two attached hydrogens (primary N) is 1. The number of nitrogens with zero attached hydrogens (tertiary/aromatic N) is 2. The number of quaternary nitrogens is 1. The number of aliphatic imine (C=N–C) groups is 1. The van der Waals surface area contributed by atoms with Crippen LogP contribution < -0.4 is 35.2 Å². The van der Waals surface area contributed by atoms with Gasteiger partial charge in [-0.3, -0.25) is 9.89 Å². The molecule has 155 valence electrons. The van der Waals surface area contributed by atoms with E-state index in [1.54, 1.807) is 18.3 Å². The fourth-order valence-electron chi connectivity index (χ4n) is 1.98. The van der Waals surface area contributed by atoms with Crippen molar-refractivity contribution in [2.75, 3.05) is 39.3 Å². The van der Waals surface area contributed by atoms with Crippen molar-refractivity contribution in [1.29, 1.82) is 0 Å². The van der Waals surface area contributed by atoms with Gasteiger partial charge in [-0.05, 0) is 5.56 Å². The van der Waals surface area contributed by atoms with Gasteiger partial charge in [-0.2, -0.15) is 0 Å². The molecule has 0 saturated carbocycles. The van der Waals surface area contributed by atoms with E-state index in [0.717, 1.165) is 26.2 Å². The zero-order valence-electron chi connectivity index (χ0n) is 13.8. The van der Waals surface area contributed by atoms with Crippen molar-refractivity contribution in [3.05, 3.63) is 29.8 Å². The number of benzene rings is 1. The Kier molecular flexibility index (Phi) is 45.4. The molecule has 9 nitrogen and oxygen atoms in total. The van der Waals surface area contributed by atoms with Crippen molar-refractivity contribution in [2.24, 2.45) is 4.99 Å². The summed E-state index contributed by atoms with van der Waals surface area (Å²) in [5.74, 6) is 0.0452. The third-order valence-corrected chi connectivity index (χ3v) is 2.99. The maximum Gasteiger partial charge on any atom is 3.00 e. The molecule has 1 aliphatic rings. The number of piperazine rings is 1. The van der Waals surface area contributed by atoms with Crippen LogP contribution in [0.15, 0.2) is 29.3 Å². The summed E-state index contributed by atoms with van der Waals surface area (Å²) in [5.41, 5.74) is 0.680. The monoisotopic (exact) mass is 454 g/mol. The van der Waals surface area contributed by atoms with Gasteiger partial charge in [-0.15, -0.1) is 5.75 Å². The second-order valence-electron chi connectivity index (χ2n) is 4.28. The SMILES string of the molecule is O.O.[Cl-].[Cl-].[Ni+3].[O-]c1ccccc1C=NCCN1CC[NH2+]CC1.[OH3+].[OH3+].[OH3+]. The average molecular weight is 456 g/mol. The van der Waals surface area contributed by atoms with Gasteiger partial charge in [0.25, 0.3) is 0 Å². The van der Waals surface area contributed by atoms with Gasteiger partial charge in [0.05, 0.1) is 19.6 Å². The van der Waals surface area contributed by atoms with Crippen LogP contribution >= 0.6 is 0 Å². The molecular weight excluding hydrogens is 424 g/mol. The smallest absolute Gasteiger partial charge is 1.00 e. The molecule has 1 aliphatic heterocycles. The molecule has 0 unspecified atom stereocenters. The second-order valence-corrected chi connectivity index (χ2v) is 4.28. The van der Waals surface area contributed by atoms with Crippen LogP contribution in [0.25, 0.3) is 0 Å². The first-order valence-corrected chi connectivity index (χ1v) is 6.16. The molecule has 25 heavy (non-hydrogen) atoms. The van der Waals surface area contributed by atoms with Crippen molar-refractivity contribution in [2.45, 2.75) is 0 Å². The molecule has 0 spiro atoms. The molecule has 0 aliphatic carbocycles. The van der Waals surface area contributed by atoms with Crippen molar-refractivity contribution >= 4 is 6.21 Å². The molecular formula is C13H32Cl2N3NiO6+4. The molecule has 0 atom stereocenters. The Balaban J connectivity index is -0.0000000810. The van der Waals surface area contributed by atoms with E-state index < -0.39 is 0 Å². The van der Waals surface area contributed by atoms with Crippen LogP contribution in [0, 0.1) is 0 Å². The molecule has 0 amide bonds. The predicted octanol–water partition coefficient (Wildman–Crippen LogP) is -11.4. The molecule has 1 aromatic carbocycles. The number of hydrogen-bond acceptors (Lipinski definition) is 3. The Bertz CT molecular complexity index is 402. The Morgan fingerprint density at radius 3 is 2.08 bits per heavy atom. The van der Waals surface area contributed by atoms with E-state index in [-0.39, 0.29) is 74.4 Å². The molecule has 15 N–H and O–H groups in total. The van der Waals surface area contributed by atoms with Crippen LogP contribution in [0.3, 0.4) is 0 Å². The van der Waals surface area contributed by atoms with Gasteiger partial charge in [0.2, 0.25) is 0 Å². The standard InChI is InChI=1S/C13H19N3O.2ClH.Ni.5H2O/c17-13-4-2-1-3-12(13)11-15-7-10-16-8-5-14-6-9-16;;;;;;;;/h1-4,11,14,17H,5-10H2;2*1H;;5*1H2/q;;;+3;;;;;/p+1. The van der Waals surface area contributed by atoms with E-state index in [1.165, 1.54) is 13.1 Å². The van der Waals surface area contributed by atoms with Crippen LogP contribution in [-0.4, -0.2) is 61.3 Å². The number of hydrogen-bond donors (Lipinski definition) is 1. The molecule has 1 heterocycles. The topological polar surface area (TPSA) is 217 Å². The Labute approximate surface area is 170 Å². The summed E-state index contributed by atoms with van der Waals surface area (Å²) in [6.45, 7) is 6.43. The molecule has 0 aromatic heterocycles. The van der Waals surface area contributed by atoms with Crippen molar-refractivity contribution in [1.82, 2.24) is 4.90 Å². The Morgan fingerprint density at radius 2 is 1.56 bits per heavy atom. The normalized spacial score (nSPS) is 12.0. The van der Waals surface area contributed by atoms with E-state index in [9.17, 15) is 5.11 Å². The van der Waals surface area contributed by atoms with Gasteiger partial charge >= 0.3 is 16.5 Å². The van der Waals surface area contributed by atoms with Crippen LogP contribution in [0.1, 0.15) is 5.56 Å². The molecule has 0 bridgehead atoms. The van der Waals surface area contributed by atoms with Crippen molar-refractivity contribution < 1.29 is 79.1 Å². The first-order chi connectivity index (χ1) is 8.36. The zero-order chi connectivity index (χ0) is 11.9. The minimum absolute atomic E-state index is 0. The average Bonchev–Trinajstić information content (AvgIpc) is 2.38. The van der Waals surface area contributed by atoms with Gasteiger partial charge < -0.3 is 62.6 Å². The van der Waals surface area contributed by atoms with Gasteiger partial charge in [0.1, 0.15) is 0 Å². The van der Waals surface area contributed by atoms with Crippen LogP contribution in [-0.2, 0) is 32.9 Å².